The van der Waals surface area contributed by atoms with Gasteiger partial charge in [0.25, 0.3) is 0 Å². The maximum absolute atomic E-state index is 12.6. The lowest BCUT2D eigenvalue weighted by Gasteiger charge is -2.30. The van der Waals surface area contributed by atoms with E-state index in [4.69, 9.17) is 14.5 Å². The van der Waals surface area contributed by atoms with Crippen molar-refractivity contribution in [1.29, 1.82) is 0 Å². The number of aromatic nitrogens is 2. The Kier molecular flexibility index (Phi) is 6.54. The summed E-state index contributed by atoms with van der Waals surface area (Å²) in [6.07, 6.45) is 1.32. The van der Waals surface area contributed by atoms with Crippen molar-refractivity contribution in [2.24, 2.45) is 5.92 Å². The van der Waals surface area contributed by atoms with Gasteiger partial charge in [-0.3, -0.25) is 0 Å². The molecule has 3 aromatic rings. The number of carbonyl (C=O) groups is 2. The number of nitrogens with zero attached hydrogens (tertiary/aromatic N) is 3. The van der Waals surface area contributed by atoms with Crippen molar-refractivity contribution in [1.82, 2.24) is 14.6 Å². The number of ether oxygens (including phenoxy) is 2. The maximum atomic E-state index is 12.6. The van der Waals surface area contributed by atoms with Crippen LogP contribution in [-0.4, -0.2) is 57.0 Å². The van der Waals surface area contributed by atoms with Crippen LogP contribution in [0.2, 0.25) is 0 Å². The van der Waals surface area contributed by atoms with E-state index in [1.165, 1.54) is 0 Å². The van der Waals surface area contributed by atoms with Gasteiger partial charge in [-0.25, -0.2) is 19.2 Å². The summed E-state index contributed by atoms with van der Waals surface area (Å²) in [6, 6.07) is 16.8. The molecule has 2 aliphatic heterocycles. The zero-order chi connectivity index (χ0) is 26.2. The lowest BCUT2D eigenvalue weighted by atomic mass is 9.87. The zero-order valence-corrected chi connectivity index (χ0v) is 21.3. The number of likely N-dealkylation sites (tertiary alicyclic amines) is 1. The normalized spacial score (nSPS) is 19.2. The molecule has 0 radical (unpaired) electrons. The van der Waals surface area contributed by atoms with Crippen molar-refractivity contribution in [3.8, 4) is 22.8 Å². The highest BCUT2D eigenvalue weighted by Crippen LogP contribution is 2.39. The average Bonchev–Trinajstić information content (AvgIpc) is 3.50. The molecule has 1 aromatic heterocycles. The molecule has 3 heterocycles. The third-order valence-corrected chi connectivity index (χ3v) is 6.71. The highest BCUT2D eigenvalue weighted by atomic mass is 16.6. The minimum atomic E-state index is -1.05. The fraction of sp³-hybridized carbons (Fsp3) is 0.393. The number of aromatic carboxylic acids is 1. The van der Waals surface area contributed by atoms with E-state index >= 15 is 0 Å². The first kappa shape index (κ1) is 24.7. The minimum absolute atomic E-state index is 0.0289. The average molecular weight is 505 g/mol. The Labute approximate surface area is 216 Å². The summed E-state index contributed by atoms with van der Waals surface area (Å²) in [4.78, 5) is 31.5. The molecule has 37 heavy (non-hydrogen) atoms. The quantitative estimate of drug-likeness (QED) is 0.484. The number of hydrogen-bond acceptors (Lipinski definition) is 6. The molecule has 1 fully saturated rings. The summed E-state index contributed by atoms with van der Waals surface area (Å²) in [5.41, 5.74) is 3.88. The second kappa shape index (κ2) is 9.80. The molecule has 0 saturated carbocycles. The Balaban J connectivity index is 1.39. The summed E-state index contributed by atoms with van der Waals surface area (Å²) < 4.78 is 13.0. The van der Waals surface area contributed by atoms with Crippen molar-refractivity contribution in [3.05, 3.63) is 66.1 Å². The monoisotopic (exact) mass is 504 g/mol. The highest BCUT2D eigenvalue weighted by Gasteiger charge is 2.39. The molecule has 2 N–H and O–H groups in total. The highest BCUT2D eigenvalue weighted by molar-refractivity contribution is 5.93. The molecule has 0 aliphatic carbocycles. The van der Waals surface area contributed by atoms with Gasteiger partial charge in [0, 0.05) is 31.1 Å². The van der Waals surface area contributed by atoms with E-state index in [0.29, 0.717) is 42.5 Å². The molecule has 194 valence electrons. The maximum Gasteiger partial charge on any atom is 0.410 e. The number of para-hydroxylation sites is 1. The smallest absolute Gasteiger partial charge is 0.410 e. The van der Waals surface area contributed by atoms with Crippen LogP contribution in [-0.2, 0) is 4.74 Å². The van der Waals surface area contributed by atoms with E-state index in [9.17, 15) is 14.7 Å². The van der Waals surface area contributed by atoms with Crippen LogP contribution >= 0.6 is 0 Å². The van der Waals surface area contributed by atoms with Gasteiger partial charge in [0.15, 0.2) is 5.69 Å². The summed E-state index contributed by atoms with van der Waals surface area (Å²) in [6.45, 7) is 7.38. The first-order chi connectivity index (χ1) is 17.7. The fourth-order valence-corrected chi connectivity index (χ4v) is 5.07. The molecule has 5 rings (SSSR count). The van der Waals surface area contributed by atoms with Crippen LogP contribution in [0.25, 0.3) is 11.3 Å². The van der Waals surface area contributed by atoms with Gasteiger partial charge >= 0.3 is 12.1 Å². The third-order valence-electron chi connectivity index (χ3n) is 6.71. The molecule has 9 nitrogen and oxygen atoms in total. The predicted molar refractivity (Wildman–Crippen MR) is 139 cm³/mol. The Morgan fingerprint density at radius 3 is 2.41 bits per heavy atom. The number of carboxylic acid groups (broad SMARTS) is 1. The second-order valence-corrected chi connectivity index (χ2v) is 10.5. The van der Waals surface area contributed by atoms with Gasteiger partial charge in [-0.2, -0.15) is 0 Å². The van der Waals surface area contributed by atoms with Gasteiger partial charge in [0.1, 0.15) is 28.6 Å². The number of nitrogens with one attached hydrogen (secondary N) is 1. The molecule has 2 atom stereocenters. The molecule has 0 spiro atoms. The molecular formula is C28H32N4O5. The topological polar surface area (TPSA) is 106 Å². The zero-order valence-electron chi connectivity index (χ0n) is 21.3. The number of imidazole rings is 1. The minimum Gasteiger partial charge on any atom is -0.476 e. The molecule has 2 unspecified atom stereocenters. The molecule has 1 saturated heterocycles. The SMILES string of the molecule is CC(C)(C)OC(=O)N1CCC(C2CCNn3c2nc(-c2ccc(Oc4ccccc4)cc2)c3C(=O)O)C1. The van der Waals surface area contributed by atoms with Crippen LogP contribution in [0.3, 0.4) is 0 Å². The van der Waals surface area contributed by atoms with E-state index in [1.54, 1.807) is 9.58 Å². The lowest BCUT2D eigenvalue weighted by molar-refractivity contribution is 0.0285. The van der Waals surface area contributed by atoms with E-state index in [-0.39, 0.29) is 23.6 Å². The molecule has 1 amide bonds. The summed E-state index contributed by atoms with van der Waals surface area (Å²) >= 11 is 0. The number of amides is 1. The number of hydrogen-bond donors (Lipinski definition) is 2. The standard InChI is InChI=1S/C28H32N4O5/c1-28(2,3)37-27(35)31-16-14-19(17-31)22-13-15-29-32-24(26(33)34)23(30-25(22)32)18-9-11-21(12-10-18)36-20-7-5-4-6-8-20/h4-12,19,22,29H,13-17H2,1-3H3,(H,33,34). The van der Waals surface area contributed by atoms with Crippen LogP contribution in [0.5, 0.6) is 11.5 Å². The number of rotatable bonds is 5. The lowest BCUT2D eigenvalue weighted by Crippen LogP contribution is -2.37. The summed E-state index contributed by atoms with van der Waals surface area (Å²) in [7, 11) is 0. The molecule has 2 aromatic carbocycles. The number of carbonyl (C=O) groups excluding carboxylic acids is 1. The van der Waals surface area contributed by atoms with Gasteiger partial charge in [-0.15, -0.1) is 0 Å². The fourth-order valence-electron chi connectivity index (χ4n) is 5.07. The Bertz CT molecular complexity index is 1280. The Morgan fingerprint density at radius 2 is 1.73 bits per heavy atom. The predicted octanol–water partition coefficient (Wildman–Crippen LogP) is 5.33. The largest absolute Gasteiger partial charge is 0.476 e. The van der Waals surface area contributed by atoms with Gasteiger partial charge < -0.3 is 24.9 Å². The van der Waals surface area contributed by atoms with Crippen molar-refractivity contribution >= 4 is 12.1 Å². The van der Waals surface area contributed by atoms with Crippen LogP contribution in [0.15, 0.2) is 54.6 Å². The third kappa shape index (κ3) is 5.26. The Hall–Kier alpha value is -4.01. The second-order valence-electron chi connectivity index (χ2n) is 10.5. The van der Waals surface area contributed by atoms with E-state index in [1.807, 2.05) is 75.4 Å². The molecule has 9 heteroatoms. The van der Waals surface area contributed by atoms with Gasteiger partial charge in [-0.1, -0.05) is 18.2 Å². The van der Waals surface area contributed by atoms with Crippen LogP contribution < -0.4 is 10.2 Å². The first-order valence-corrected chi connectivity index (χ1v) is 12.6. The Morgan fingerprint density at radius 1 is 1.03 bits per heavy atom. The number of carboxylic acids is 1. The van der Waals surface area contributed by atoms with Crippen molar-refractivity contribution in [2.75, 3.05) is 25.1 Å². The van der Waals surface area contributed by atoms with Crippen LogP contribution in [0.1, 0.15) is 55.8 Å². The van der Waals surface area contributed by atoms with E-state index < -0.39 is 11.6 Å². The summed E-state index contributed by atoms with van der Waals surface area (Å²) in [5, 5.41) is 10.1. The van der Waals surface area contributed by atoms with Crippen molar-refractivity contribution in [2.45, 2.75) is 45.1 Å². The van der Waals surface area contributed by atoms with Crippen molar-refractivity contribution < 1.29 is 24.2 Å². The van der Waals surface area contributed by atoms with Crippen LogP contribution in [0, 0.1) is 5.92 Å². The van der Waals surface area contributed by atoms with E-state index in [2.05, 4.69) is 5.43 Å². The van der Waals surface area contributed by atoms with Gasteiger partial charge in [-0.05, 0) is 75.9 Å². The molecule has 0 bridgehead atoms. The van der Waals surface area contributed by atoms with Gasteiger partial charge in [0.05, 0.1) is 0 Å². The molecular weight excluding hydrogens is 472 g/mol. The van der Waals surface area contributed by atoms with Crippen molar-refractivity contribution in [3.63, 3.8) is 0 Å². The molecule has 2 aliphatic rings. The van der Waals surface area contributed by atoms with E-state index in [0.717, 1.165) is 18.6 Å². The number of benzene rings is 2. The first-order valence-electron chi connectivity index (χ1n) is 12.6. The van der Waals surface area contributed by atoms with Gasteiger partial charge in [0.2, 0.25) is 0 Å². The summed E-state index contributed by atoms with van der Waals surface area (Å²) in [5.74, 6) is 1.23. The number of fused-ring (bicyclic) bond motifs is 1. The van der Waals surface area contributed by atoms with Crippen LogP contribution in [0.4, 0.5) is 4.79 Å².